The molecular weight excluding hydrogens is 252 g/mol. The highest BCUT2D eigenvalue weighted by Crippen LogP contribution is 2.32. The molecule has 0 aliphatic carbocycles. The van der Waals surface area contributed by atoms with Gasteiger partial charge < -0.3 is 14.8 Å². The second-order valence-electron chi connectivity index (χ2n) is 6.14. The Hall–Kier alpha value is -1.26. The molecule has 1 aromatic carbocycles. The Bertz CT molecular complexity index is 477. The van der Waals surface area contributed by atoms with Crippen LogP contribution < -0.4 is 14.8 Å². The fraction of sp³-hybridized carbons (Fsp3) is 0.625. The minimum absolute atomic E-state index is 0.660. The molecule has 1 N–H and O–H groups in total. The van der Waals surface area contributed by atoms with Crippen LogP contribution in [0.15, 0.2) is 18.2 Å². The highest BCUT2D eigenvalue weighted by Gasteiger charge is 2.33. The van der Waals surface area contributed by atoms with E-state index < -0.39 is 0 Å². The van der Waals surface area contributed by atoms with Crippen LogP contribution in [0.2, 0.25) is 0 Å². The van der Waals surface area contributed by atoms with Crippen LogP contribution in [0, 0.1) is 5.92 Å². The normalized spacial score (nSPS) is 29.2. The van der Waals surface area contributed by atoms with Gasteiger partial charge >= 0.3 is 0 Å². The lowest BCUT2D eigenvalue weighted by molar-refractivity contribution is 0.171. The topological polar surface area (TPSA) is 33.7 Å². The molecule has 0 radical (unpaired) electrons. The fourth-order valence-electron chi connectivity index (χ4n) is 3.71. The zero-order valence-electron chi connectivity index (χ0n) is 11.8. The maximum Gasteiger partial charge on any atom is 0.161 e. The van der Waals surface area contributed by atoms with Crippen LogP contribution in [0.1, 0.15) is 18.4 Å². The largest absolute Gasteiger partial charge is 0.486 e. The molecule has 0 bridgehead atoms. The molecule has 20 heavy (non-hydrogen) atoms. The van der Waals surface area contributed by atoms with Crippen molar-refractivity contribution in [3.05, 3.63) is 23.8 Å². The van der Waals surface area contributed by atoms with Crippen LogP contribution in [0.4, 0.5) is 0 Å². The van der Waals surface area contributed by atoms with Crippen LogP contribution in [0.25, 0.3) is 0 Å². The lowest BCUT2D eigenvalue weighted by atomic mass is 9.94. The average molecular weight is 274 g/mol. The molecule has 0 aromatic heterocycles. The van der Waals surface area contributed by atoms with Gasteiger partial charge in [-0.15, -0.1) is 0 Å². The molecular formula is C16H22N2O2. The highest BCUT2D eigenvalue weighted by atomic mass is 16.6. The number of rotatable bonds is 2. The van der Waals surface area contributed by atoms with Crippen LogP contribution >= 0.6 is 0 Å². The maximum absolute atomic E-state index is 5.67. The molecule has 1 aromatic rings. The van der Waals surface area contributed by atoms with Gasteiger partial charge in [0.1, 0.15) is 13.2 Å². The molecule has 0 spiro atoms. The van der Waals surface area contributed by atoms with Crippen LogP contribution in [0.3, 0.4) is 0 Å². The summed E-state index contributed by atoms with van der Waals surface area (Å²) in [5.74, 6) is 2.64. The summed E-state index contributed by atoms with van der Waals surface area (Å²) in [5, 5.41) is 3.66. The molecule has 2 atom stereocenters. The van der Waals surface area contributed by atoms with E-state index in [2.05, 4.69) is 22.3 Å². The van der Waals surface area contributed by atoms with Crippen molar-refractivity contribution < 1.29 is 9.47 Å². The minimum atomic E-state index is 0.660. The fourth-order valence-corrected chi connectivity index (χ4v) is 3.71. The SMILES string of the molecule is c1cc2c(cc1CN1C[C@@H]3CCCN[C@@H]3C1)OCCO2. The Morgan fingerprint density at radius 2 is 2.05 bits per heavy atom. The second-order valence-corrected chi connectivity index (χ2v) is 6.14. The van der Waals surface area contributed by atoms with Gasteiger partial charge in [0.25, 0.3) is 0 Å². The molecule has 2 saturated heterocycles. The molecule has 3 aliphatic rings. The van der Waals surface area contributed by atoms with Crippen molar-refractivity contribution in [3.63, 3.8) is 0 Å². The Kier molecular flexibility index (Phi) is 3.28. The quantitative estimate of drug-likeness (QED) is 0.889. The van der Waals surface area contributed by atoms with Gasteiger partial charge in [-0.25, -0.2) is 0 Å². The van der Waals surface area contributed by atoms with Gasteiger partial charge in [-0.1, -0.05) is 6.07 Å². The van der Waals surface area contributed by atoms with Crippen molar-refractivity contribution in [3.8, 4) is 11.5 Å². The van der Waals surface area contributed by atoms with Crippen LogP contribution in [-0.4, -0.2) is 43.8 Å². The van der Waals surface area contributed by atoms with E-state index in [4.69, 9.17) is 9.47 Å². The van der Waals surface area contributed by atoms with E-state index in [0.29, 0.717) is 19.3 Å². The minimum Gasteiger partial charge on any atom is -0.486 e. The molecule has 0 amide bonds. The first-order valence-electron chi connectivity index (χ1n) is 7.73. The molecule has 0 saturated carbocycles. The van der Waals surface area contributed by atoms with E-state index in [1.165, 1.54) is 38.0 Å². The molecule has 4 rings (SSSR count). The summed E-state index contributed by atoms with van der Waals surface area (Å²) in [7, 11) is 0. The van der Waals surface area contributed by atoms with Crippen molar-refractivity contribution in [1.29, 1.82) is 0 Å². The molecule has 3 aliphatic heterocycles. The van der Waals surface area contributed by atoms with E-state index in [1.807, 2.05) is 6.07 Å². The maximum atomic E-state index is 5.67. The summed E-state index contributed by atoms with van der Waals surface area (Å²) < 4.78 is 11.2. The molecule has 4 heteroatoms. The van der Waals surface area contributed by atoms with Crippen molar-refractivity contribution in [1.82, 2.24) is 10.2 Å². The number of hydrogen-bond donors (Lipinski definition) is 1. The second kappa shape index (κ2) is 5.26. The Balaban J connectivity index is 1.44. The van der Waals surface area contributed by atoms with Gasteiger partial charge in [0.15, 0.2) is 11.5 Å². The molecule has 108 valence electrons. The zero-order valence-corrected chi connectivity index (χ0v) is 11.8. The monoisotopic (exact) mass is 274 g/mol. The lowest BCUT2D eigenvalue weighted by Crippen LogP contribution is -2.40. The zero-order chi connectivity index (χ0) is 13.4. The van der Waals surface area contributed by atoms with E-state index >= 15 is 0 Å². The van der Waals surface area contributed by atoms with Gasteiger partial charge in [0.05, 0.1) is 0 Å². The van der Waals surface area contributed by atoms with Crippen molar-refractivity contribution in [2.45, 2.75) is 25.4 Å². The third-order valence-electron chi connectivity index (χ3n) is 4.69. The number of piperidine rings is 1. The summed E-state index contributed by atoms with van der Waals surface area (Å²) in [6.45, 7) is 5.94. The van der Waals surface area contributed by atoms with Gasteiger partial charge in [-0.2, -0.15) is 0 Å². The van der Waals surface area contributed by atoms with E-state index in [0.717, 1.165) is 24.0 Å². The van der Waals surface area contributed by atoms with E-state index in [9.17, 15) is 0 Å². The van der Waals surface area contributed by atoms with Gasteiger partial charge in [0.2, 0.25) is 0 Å². The average Bonchev–Trinajstić information content (AvgIpc) is 2.89. The van der Waals surface area contributed by atoms with E-state index in [1.54, 1.807) is 0 Å². The number of fused-ring (bicyclic) bond motifs is 2. The number of benzene rings is 1. The van der Waals surface area contributed by atoms with Crippen molar-refractivity contribution >= 4 is 0 Å². The summed E-state index contributed by atoms with van der Waals surface area (Å²) in [6, 6.07) is 7.07. The molecule has 2 fully saturated rings. The smallest absolute Gasteiger partial charge is 0.161 e. The van der Waals surface area contributed by atoms with Crippen molar-refractivity contribution in [2.75, 3.05) is 32.8 Å². The Morgan fingerprint density at radius 3 is 2.95 bits per heavy atom. The van der Waals surface area contributed by atoms with Gasteiger partial charge in [-0.05, 0) is 43.0 Å². The predicted molar refractivity (Wildman–Crippen MR) is 77.2 cm³/mol. The number of nitrogens with one attached hydrogen (secondary N) is 1. The first-order chi connectivity index (χ1) is 9.88. The third-order valence-corrected chi connectivity index (χ3v) is 4.69. The number of likely N-dealkylation sites (tertiary alicyclic amines) is 1. The summed E-state index contributed by atoms with van der Waals surface area (Å²) >= 11 is 0. The number of hydrogen-bond acceptors (Lipinski definition) is 4. The van der Waals surface area contributed by atoms with Crippen LogP contribution in [-0.2, 0) is 6.54 Å². The summed E-state index contributed by atoms with van der Waals surface area (Å²) in [4.78, 5) is 2.57. The first kappa shape index (κ1) is 12.5. The highest BCUT2D eigenvalue weighted by molar-refractivity contribution is 5.43. The molecule has 3 heterocycles. The van der Waals surface area contributed by atoms with Crippen molar-refractivity contribution in [2.24, 2.45) is 5.92 Å². The predicted octanol–water partition coefficient (Wildman–Crippen LogP) is 1.64. The molecule has 4 nitrogen and oxygen atoms in total. The number of ether oxygens (including phenoxy) is 2. The van der Waals surface area contributed by atoms with Gasteiger partial charge in [-0.3, -0.25) is 4.90 Å². The first-order valence-corrected chi connectivity index (χ1v) is 7.73. The summed E-state index contributed by atoms with van der Waals surface area (Å²) in [6.07, 6.45) is 2.72. The van der Waals surface area contributed by atoms with Gasteiger partial charge in [0, 0.05) is 25.7 Å². The standard InChI is InChI=1S/C16H22N2O2/c1-2-13-10-18(11-14(13)17-5-1)9-12-3-4-15-16(8-12)20-7-6-19-15/h3-4,8,13-14,17H,1-2,5-7,9-11H2/t13-,14+/m0/s1. The third kappa shape index (κ3) is 2.38. The van der Waals surface area contributed by atoms with Crippen LogP contribution in [0.5, 0.6) is 11.5 Å². The lowest BCUT2D eigenvalue weighted by Gasteiger charge is -2.24. The Labute approximate surface area is 120 Å². The Morgan fingerprint density at radius 1 is 1.15 bits per heavy atom. The number of nitrogens with zero attached hydrogens (tertiary/aromatic N) is 1. The van der Waals surface area contributed by atoms with E-state index in [-0.39, 0.29) is 0 Å². The summed E-state index contributed by atoms with van der Waals surface area (Å²) in [5.41, 5.74) is 1.33. The molecule has 0 unspecified atom stereocenters.